The Labute approximate surface area is 343 Å². The second kappa shape index (κ2) is 17.4. The van der Waals surface area contributed by atoms with E-state index < -0.39 is 59.2 Å². The molecule has 18 heteroatoms. The summed E-state index contributed by atoms with van der Waals surface area (Å²) in [7, 11) is -9.66. The zero-order valence-corrected chi connectivity index (χ0v) is 34.2. The van der Waals surface area contributed by atoms with Crippen molar-refractivity contribution >= 4 is 65.4 Å². The van der Waals surface area contributed by atoms with Gasteiger partial charge in [-0.05, 0) is 114 Å². The van der Waals surface area contributed by atoms with Crippen LogP contribution in [0.4, 0.5) is 22.7 Å². The number of hydrogen-bond donors (Lipinski definition) is 2. The molecule has 0 radical (unpaired) electrons. The van der Waals surface area contributed by atoms with E-state index in [1.54, 1.807) is 73.7 Å². The van der Waals surface area contributed by atoms with E-state index in [4.69, 9.17) is 0 Å². The maximum Gasteiger partial charge on any atom is 1.00 e. The number of benzene rings is 5. The Kier molecular flexibility index (Phi) is 14.3. The fraction of sp³-hybridized carbons (Fsp3) is 0.118. The van der Waals surface area contributed by atoms with Crippen LogP contribution in [0.1, 0.15) is 18.1 Å². The summed E-state index contributed by atoms with van der Waals surface area (Å²) in [5.41, 5.74) is 3.50. The number of Topliss-reactive ketones (excluding diaryl/α,β-unsaturated/α-hetero) is 1. The van der Waals surface area contributed by atoms with Crippen molar-refractivity contribution in [1.29, 1.82) is 0 Å². The fourth-order valence-electron chi connectivity index (χ4n) is 5.02. The molecule has 0 aliphatic heterocycles. The van der Waals surface area contributed by atoms with E-state index in [2.05, 4.69) is 25.4 Å². The molecular formula is C34H27N5Na2O9S2. The summed E-state index contributed by atoms with van der Waals surface area (Å²) in [6.07, 6.45) is 0. The Morgan fingerprint density at radius 3 is 1.81 bits per heavy atom. The molecule has 0 bridgehead atoms. The van der Waals surface area contributed by atoms with Gasteiger partial charge >= 0.3 is 59.1 Å². The monoisotopic (exact) mass is 759 g/mol. The topological polar surface area (TPSA) is 234 Å². The fourth-order valence-corrected chi connectivity index (χ4v) is 6.19. The number of rotatable bonds is 10. The predicted octanol–water partition coefficient (Wildman–Crippen LogP) is 0.246. The van der Waals surface area contributed by atoms with Crippen LogP contribution in [0, 0.1) is 13.8 Å². The van der Waals surface area contributed by atoms with E-state index in [1.165, 1.54) is 6.92 Å². The Morgan fingerprint density at radius 1 is 0.712 bits per heavy atom. The maximum atomic E-state index is 13.2. The Morgan fingerprint density at radius 2 is 1.29 bits per heavy atom. The molecule has 0 heterocycles. The SMILES string of the molecule is CC(=O)C(N=Nc1ccc(-c2ccc(N=Nc3c(S(=O)(=O)O)cc4cc(S(=O)(=O)O)ccc4c3[O-])cc2C)c(C)c1)C([O-])=Nc1ccccc1.[Na+].[Na+]. The molecule has 1 unspecified atom stereocenters. The number of carbonyl (C=O) groups is 1. The zero-order valence-electron chi connectivity index (χ0n) is 28.5. The van der Waals surface area contributed by atoms with Gasteiger partial charge in [-0.2, -0.15) is 32.2 Å². The molecule has 5 rings (SSSR count). The molecule has 0 spiro atoms. The van der Waals surface area contributed by atoms with Gasteiger partial charge in [-0.15, -0.1) is 5.11 Å². The first-order chi connectivity index (χ1) is 23.5. The molecule has 0 aromatic heterocycles. The van der Waals surface area contributed by atoms with Gasteiger partial charge in [-0.3, -0.25) is 18.9 Å². The van der Waals surface area contributed by atoms with Gasteiger partial charge in [0.1, 0.15) is 4.90 Å². The molecular weight excluding hydrogens is 733 g/mol. The predicted molar refractivity (Wildman–Crippen MR) is 181 cm³/mol. The average Bonchev–Trinajstić information content (AvgIpc) is 3.04. The third-order valence-electron chi connectivity index (χ3n) is 7.46. The van der Waals surface area contributed by atoms with Crippen LogP contribution in [-0.4, -0.2) is 43.7 Å². The van der Waals surface area contributed by atoms with E-state index in [-0.39, 0.29) is 75.6 Å². The molecule has 5 aromatic carbocycles. The van der Waals surface area contributed by atoms with E-state index in [0.29, 0.717) is 11.4 Å². The minimum atomic E-state index is -5.01. The number of ketones is 1. The van der Waals surface area contributed by atoms with Gasteiger partial charge < -0.3 is 10.2 Å². The second-order valence-electron chi connectivity index (χ2n) is 11.1. The van der Waals surface area contributed by atoms with Crippen LogP contribution in [0.3, 0.4) is 0 Å². The molecule has 14 nitrogen and oxygen atoms in total. The first-order valence-electron chi connectivity index (χ1n) is 14.6. The number of carbonyl (C=O) groups excluding carboxylic acids is 1. The van der Waals surface area contributed by atoms with E-state index in [9.17, 15) is 40.9 Å². The summed E-state index contributed by atoms with van der Waals surface area (Å²) in [5.74, 6) is -2.18. The number of para-hydroxylation sites is 1. The first kappa shape index (κ1) is 42.7. The van der Waals surface area contributed by atoms with E-state index in [0.717, 1.165) is 46.5 Å². The molecule has 5 aromatic rings. The van der Waals surface area contributed by atoms with Crippen LogP contribution in [0.2, 0.25) is 0 Å². The molecule has 256 valence electrons. The molecule has 0 fully saturated rings. The van der Waals surface area contributed by atoms with E-state index in [1.807, 2.05) is 6.92 Å². The van der Waals surface area contributed by atoms with Crippen molar-refractivity contribution in [1.82, 2.24) is 0 Å². The molecule has 2 N–H and O–H groups in total. The van der Waals surface area contributed by atoms with Gasteiger partial charge in [0.05, 0.1) is 27.6 Å². The summed E-state index contributed by atoms with van der Waals surface area (Å²) < 4.78 is 66.5. The third-order valence-corrected chi connectivity index (χ3v) is 9.17. The van der Waals surface area contributed by atoms with Gasteiger partial charge in [0.25, 0.3) is 20.2 Å². The molecule has 0 saturated carbocycles. The number of aliphatic imine (C=N–C) groups is 1. The maximum absolute atomic E-state index is 13.2. The van der Waals surface area contributed by atoms with Crippen LogP contribution in [0.5, 0.6) is 5.75 Å². The minimum Gasteiger partial charge on any atom is -0.871 e. The van der Waals surface area contributed by atoms with Gasteiger partial charge in [0.2, 0.25) is 0 Å². The van der Waals surface area contributed by atoms with Gasteiger partial charge in [0, 0.05) is 0 Å². The molecule has 0 amide bonds. The number of azo groups is 2. The van der Waals surface area contributed by atoms with Crippen molar-refractivity contribution in [3.63, 3.8) is 0 Å². The van der Waals surface area contributed by atoms with Crippen molar-refractivity contribution in [2.24, 2.45) is 25.4 Å². The Bertz CT molecular complexity index is 2480. The van der Waals surface area contributed by atoms with Crippen LogP contribution >= 0.6 is 0 Å². The first-order valence-corrected chi connectivity index (χ1v) is 17.5. The number of nitrogens with zero attached hydrogens (tertiary/aromatic N) is 5. The van der Waals surface area contributed by atoms with Crippen molar-refractivity contribution in [3.05, 3.63) is 102 Å². The quantitative estimate of drug-likeness (QED) is 0.0652. The summed E-state index contributed by atoms with van der Waals surface area (Å²) in [6, 6.07) is 21.0. The molecule has 0 aliphatic carbocycles. The molecule has 1 atom stereocenters. The number of fused-ring (bicyclic) bond motifs is 1. The van der Waals surface area contributed by atoms with E-state index >= 15 is 0 Å². The van der Waals surface area contributed by atoms with Crippen LogP contribution in [0.25, 0.3) is 21.9 Å². The number of hydrogen-bond acceptors (Lipinski definition) is 12. The molecule has 52 heavy (non-hydrogen) atoms. The summed E-state index contributed by atoms with van der Waals surface area (Å²) in [4.78, 5) is 14.6. The summed E-state index contributed by atoms with van der Waals surface area (Å²) >= 11 is 0. The van der Waals surface area contributed by atoms with Gasteiger partial charge in [0.15, 0.2) is 11.8 Å². The van der Waals surface area contributed by atoms with Crippen molar-refractivity contribution in [3.8, 4) is 16.9 Å². The van der Waals surface area contributed by atoms with Crippen molar-refractivity contribution in [2.45, 2.75) is 36.6 Å². The largest absolute Gasteiger partial charge is 1.00 e. The molecule has 0 saturated heterocycles. The molecule has 0 aliphatic rings. The number of aryl methyl sites for hydroxylation is 2. The standard InChI is InChI=1S/C34H29N5O9S2.2Na/c1-19-15-24(36-38-31(21(3)40)34(42)35-23-7-5-4-6-8-23)9-12-27(19)28-13-10-25(16-20(28)2)37-39-32-30(50(46,47)48)18-22-17-26(49(43,44)45)11-14-29(22)33(32)41;;/h4-18,31,41H,1-3H3,(H,35,42)(H,43,44,45)(H,46,47,48);;/q;2*+1/p-2. The van der Waals surface area contributed by atoms with Crippen LogP contribution < -0.4 is 69.3 Å². The summed E-state index contributed by atoms with van der Waals surface area (Å²) in [6.45, 7) is 4.87. The van der Waals surface area contributed by atoms with Crippen LogP contribution in [0.15, 0.2) is 126 Å². The second-order valence-corrected chi connectivity index (χ2v) is 13.9. The Hall–Kier alpha value is -3.68. The third kappa shape index (κ3) is 10.0. The van der Waals surface area contributed by atoms with Crippen molar-refractivity contribution in [2.75, 3.05) is 0 Å². The smallest absolute Gasteiger partial charge is 0.871 e. The van der Waals surface area contributed by atoms with Gasteiger partial charge in [-0.1, -0.05) is 42.1 Å². The van der Waals surface area contributed by atoms with Gasteiger partial charge in [-0.25, -0.2) is 0 Å². The van der Waals surface area contributed by atoms with Crippen molar-refractivity contribution < 1.29 is 100 Å². The summed E-state index contributed by atoms with van der Waals surface area (Å²) in [5, 5.41) is 41.5. The minimum absolute atomic E-state index is 0. The zero-order chi connectivity index (χ0) is 36.4. The van der Waals surface area contributed by atoms with Crippen LogP contribution in [-0.2, 0) is 25.0 Å². The Balaban J connectivity index is 0.00000364. The normalized spacial score (nSPS) is 12.8. The average molecular weight is 760 g/mol.